The average molecular weight is 494 g/mol. The Morgan fingerprint density at radius 3 is 2.63 bits per heavy atom. The van der Waals surface area contributed by atoms with E-state index in [1.54, 1.807) is 0 Å². The van der Waals surface area contributed by atoms with E-state index in [1.807, 2.05) is 11.8 Å². The van der Waals surface area contributed by atoms with E-state index in [4.69, 9.17) is 0 Å². The molecule has 2 saturated heterocycles. The Kier molecular flexibility index (Phi) is 11.1. The van der Waals surface area contributed by atoms with Crippen LogP contribution in [-0.4, -0.2) is 79.4 Å². The minimum Gasteiger partial charge on any atom is -0.357 e. The minimum atomic E-state index is -0.346. The van der Waals surface area contributed by atoms with Crippen molar-refractivity contribution in [2.24, 2.45) is 4.99 Å². The number of carbonyl (C=O) groups is 3. The molecule has 0 aromatic carbocycles. The number of rotatable bonds is 8. The third kappa shape index (κ3) is 7.89. The monoisotopic (exact) mass is 494 g/mol. The molecular weight excluding hydrogens is 463 g/mol. The molecule has 0 radical (unpaired) electrons. The molecule has 9 nitrogen and oxygen atoms in total. The van der Waals surface area contributed by atoms with Crippen molar-refractivity contribution in [3.05, 3.63) is 0 Å². The zero-order valence-corrected chi connectivity index (χ0v) is 18.3. The molecule has 0 bridgehead atoms. The summed E-state index contributed by atoms with van der Waals surface area (Å²) >= 11 is 0. The summed E-state index contributed by atoms with van der Waals surface area (Å²) in [5, 5.41) is 8.77. The van der Waals surface area contributed by atoms with Gasteiger partial charge >= 0.3 is 6.03 Å². The van der Waals surface area contributed by atoms with Crippen LogP contribution in [0.15, 0.2) is 4.99 Å². The fraction of sp³-hybridized carbons (Fsp3) is 0.765. The van der Waals surface area contributed by atoms with Crippen molar-refractivity contribution in [3.63, 3.8) is 0 Å². The minimum absolute atomic E-state index is 0. The van der Waals surface area contributed by atoms with Gasteiger partial charge in [0.2, 0.25) is 11.8 Å². The normalized spacial score (nSPS) is 18.1. The summed E-state index contributed by atoms with van der Waals surface area (Å²) in [4.78, 5) is 42.6. The maximum Gasteiger partial charge on any atom is 0.324 e. The molecule has 0 unspecified atom stereocenters. The zero-order valence-electron chi connectivity index (χ0n) is 16.0. The quantitative estimate of drug-likeness (QED) is 0.150. The van der Waals surface area contributed by atoms with Crippen LogP contribution in [0.3, 0.4) is 0 Å². The fourth-order valence-electron chi connectivity index (χ4n) is 3.04. The van der Waals surface area contributed by atoms with E-state index in [9.17, 15) is 14.4 Å². The average Bonchev–Trinajstić information content (AvgIpc) is 2.81. The number of guanidine groups is 1. The molecule has 0 atom stereocenters. The van der Waals surface area contributed by atoms with E-state index in [2.05, 4.69) is 20.9 Å². The first-order chi connectivity index (χ1) is 12.6. The number of nitrogens with zero attached hydrogens (tertiary/aromatic N) is 3. The molecule has 2 heterocycles. The van der Waals surface area contributed by atoms with Gasteiger partial charge in [0.15, 0.2) is 5.96 Å². The number of carbonyl (C=O) groups excluding carboxylic acids is 3. The van der Waals surface area contributed by atoms with Gasteiger partial charge < -0.3 is 20.9 Å². The lowest BCUT2D eigenvalue weighted by molar-refractivity contribution is -0.130. The zero-order chi connectivity index (χ0) is 18.8. The van der Waals surface area contributed by atoms with Crippen LogP contribution in [0.4, 0.5) is 4.79 Å². The standard InChI is InChI=1S/C17H30N6O3.HI/c1-2-18-16(20-9-12-23-15(25)13-21-17(23)26)19-8-6-11-22-10-5-3-4-7-14(22)24;/h2-13H2,1H3,(H,21,26)(H2,18,19,20);1H. The number of hydrogen-bond acceptors (Lipinski definition) is 4. The highest BCUT2D eigenvalue weighted by Crippen LogP contribution is 2.11. The summed E-state index contributed by atoms with van der Waals surface area (Å²) in [7, 11) is 0. The highest BCUT2D eigenvalue weighted by molar-refractivity contribution is 14.0. The van der Waals surface area contributed by atoms with Gasteiger partial charge in [0, 0.05) is 45.7 Å². The van der Waals surface area contributed by atoms with Crippen molar-refractivity contribution >= 4 is 47.8 Å². The van der Waals surface area contributed by atoms with Crippen molar-refractivity contribution in [2.45, 2.75) is 39.0 Å². The lowest BCUT2D eigenvalue weighted by Crippen LogP contribution is -2.43. The van der Waals surface area contributed by atoms with Gasteiger partial charge in [-0.2, -0.15) is 0 Å². The van der Waals surface area contributed by atoms with Gasteiger partial charge in [-0.3, -0.25) is 19.5 Å². The molecule has 2 aliphatic heterocycles. The van der Waals surface area contributed by atoms with E-state index in [-0.39, 0.29) is 48.4 Å². The third-order valence-electron chi connectivity index (χ3n) is 4.44. The molecule has 4 amide bonds. The molecule has 0 saturated carbocycles. The Morgan fingerprint density at radius 2 is 1.93 bits per heavy atom. The number of likely N-dealkylation sites (tertiary alicyclic amines) is 1. The molecule has 0 aromatic rings. The van der Waals surface area contributed by atoms with E-state index < -0.39 is 0 Å². The maximum atomic E-state index is 12.0. The SMILES string of the molecule is CCNC(=NCCCN1CCCCCC1=O)NCCN1C(=O)CNC1=O.I. The molecule has 2 fully saturated rings. The van der Waals surface area contributed by atoms with E-state index in [0.29, 0.717) is 32.0 Å². The molecule has 10 heteroatoms. The lowest BCUT2D eigenvalue weighted by Gasteiger charge is -2.20. The molecule has 154 valence electrons. The predicted molar refractivity (Wildman–Crippen MR) is 114 cm³/mol. The molecule has 3 N–H and O–H groups in total. The van der Waals surface area contributed by atoms with Crippen LogP contribution in [0.2, 0.25) is 0 Å². The largest absolute Gasteiger partial charge is 0.357 e. The van der Waals surface area contributed by atoms with Gasteiger partial charge in [-0.25, -0.2) is 4.79 Å². The second-order valence-electron chi connectivity index (χ2n) is 6.44. The van der Waals surface area contributed by atoms with Crippen LogP contribution in [0.5, 0.6) is 0 Å². The van der Waals surface area contributed by atoms with Crippen LogP contribution >= 0.6 is 24.0 Å². The second kappa shape index (κ2) is 12.7. The Balaban J connectivity index is 0.00000364. The first-order valence-corrected chi connectivity index (χ1v) is 9.50. The van der Waals surface area contributed by atoms with Gasteiger partial charge in [0.05, 0.1) is 6.54 Å². The topological polar surface area (TPSA) is 106 Å². The molecule has 27 heavy (non-hydrogen) atoms. The number of hydrogen-bond donors (Lipinski definition) is 3. The van der Waals surface area contributed by atoms with Gasteiger partial charge in [-0.05, 0) is 26.2 Å². The first-order valence-electron chi connectivity index (χ1n) is 9.50. The van der Waals surface area contributed by atoms with Crippen molar-refractivity contribution in [1.82, 2.24) is 25.8 Å². The summed E-state index contributed by atoms with van der Waals surface area (Å²) in [6.45, 7) is 5.72. The van der Waals surface area contributed by atoms with Gasteiger partial charge in [0.25, 0.3) is 0 Å². The van der Waals surface area contributed by atoms with E-state index in [1.165, 1.54) is 4.90 Å². The van der Waals surface area contributed by atoms with Crippen LogP contribution in [-0.2, 0) is 9.59 Å². The molecule has 2 rings (SSSR count). The molecule has 2 aliphatic rings. The van der Waals surface area contributed by atoms with Crippen molar-refractivity contribution in [1.29, 1.82) is 0 Å². The molecule has 0 aromatic heterocycles. The number of urea groups is 1. The smallest absolute Gasteiger partial charge is 0.324 e. The van der Waals surface area contributed by atoms with Crippen molar-refractivity contribution in [2.75, 3.05) is 45.8 Å². The van der Waals surface area contributed by atoms with Gasteiger partial charge in [-0.15, -0.1) is 24.0 Å². The summed E-state index contributed by atoms with van der Waals surface area (Å²) in [5.41, 5.74) is 0. The lowest BCUT2D eigenvalue weighted by atomic mass is 10.2. The highest BCUT2D eigenvalue weighted by atomic mass is 127. The Labute approximate surface area is 177 Å². The third-order valence-corrected chi connectivity index (χ3v) is 4.44. The predicted octanol–water partition coefficient (Wildman–Crippen LogP) is 0.504. The number of amides is 4. The summed E-state index contributed by atoms with van der Waals surface area (Å²) in [5.74, 6) is 0.702. The van der Waals surface area contributed by atoms with Crippen molar-refractivity contribution < 1.29 is 14.4 Å². The highest BCUT2D eigenvalue weighted by Gasteiger charge is 2.27. The van der Waals surface area contributed by atoms with Gasteiger partial charge in [0.1, 0.15) is 0 Å². The van der Waals surface area contributed by atoms with E-state index in [0.717, 1.165) is 45.3 Å². The molecular formula is C17H31IN6O3. The van der Waals surface area contributed by atoms with Crippen LogP contribution in [0.1, 0.15) is 39.0 Å². The molecule has 0 aliphatic carbocycles. The summed E-state index contributed by atoms with van der Waals surface area (Å²) < 4.78 is 0. The second-order valence-corrected chi connectivity index (χ2v) is 6.44. The molecule has 0 spiro atoms. The maximum absolute atomic E-state index is 12.0. The Morgan fingerprint density at radius 1 is 1.11 bits per heavy atom. The van der Waals surface area contributed by atoms with Crippen LogP contribution < -0.4 is 16.0 Å². The van der Waals surface area contributed by atoms with Crippen LogP contribution in [0, 0.1) is 0 Å². The number of aliphatic imine (C=N–C) groups is 1. The van der Waals surface area contributed by atoms with Crippen LogP contribution in [0.25, 0.3) is 0 Å². The summed E-state index contributed by atoms with van der Waals surface area (Å²) in [6, 6.07) is -0.346. The van der Waals surface area contributed by atoms with Gasteiger partial charge in [-0.1, -0.05) is 6.42 Å². The number of nitrogens with one attached hydrogen (secondary N) is 3. The number of imide groups is 1. The first kappa shape index (κ1) is 23.4. The Bertz CT molecular complexity index is 527. The number of halogens is 1. The fourth-order valence-corrected chi connectivity index (χ4v) is 3.04. The van der Waals surface area contributed by atoms with E-state index >= 15 is 0 Å². The Hall–Kier alpha value is -1.59. The summed E-state index contributed by atoms with van der Waals surface area (Å²) in [6.07, 6.45) is 4.69. The van der Waals surface area contributed by atoms with Crippen molar-refractivity contribution in [3.8, 4) is 0 Å².